The molecule has 0 radical (unpaired) electrons. The van der Waals surface area contributed by atoms with Crippen LogP contribution in [0.3, 0.4) is 0 Å². The molecule has 0 spiro atoms. The number of carbonyl (C=O) groups is 2. The van der Waals surface area contributed by atoms with Crippen molar-refractivity contribution in [2.45, 2.75) is 52.2 Å². The predicted octanol–water partition coefficient (Wildman–Crippen LogP) is 3.63. The van der Waals surface area contributed by atoms with Crippen LogP contribution in [-0.4, -0.2) is 29.8 Å². The quantitative estimate of drug-likeness (QED) is 0.638. The number of amides is 1. The second-order valence-corrected chi connectivity index (χ2v) is 6.64. The van der Waals surface area contributed by atoms with Crippen LogP contribution < -0.4 is 5.32 Å². The Balaban J connectivity index is 2.85. The number of nitrogens with one attached hydrogen (secondary N) is 1. The Kier molecular flexibility index (Phi) is 7.01. The van der Waals surface area contributed by atoms with Crippen molar-refractivity contribution in [3.63, 3.8) is 0 Å². The van der Waals surface area contributed by atoms with E-state index >= 15 is 0 Å². The first-order chi connectivity index (χ1) is 11.2. The molecule has 0 aromatic heterocycles. The van der Waals surface area contributed by atoms with Gasteiger partial charge in [-0.3, -0.25) is 0 Å². The molecule has 0 saturated heterocycles. The molecule has 0 aliphatic carbocycles. The van der Waals surface area contributed by atoms with Gasteiger partial charge in [0.15, 0.2) is 5.54 Å². The highest BCUT2D eigenvalue weighted by molar-refractivity contribution is 5.87. The van der Waals surface area contributed by atoms with Crippen molar-refractivity contribution in [2.75, 3.05) is 6.61 Å². The van der Waals surface area contributed by atoms with Crippen LogP contribution in [0.2, 0.25) is 0 Å². The summed E-state index contributed by atoms with van der Waals surface area (Å²) in [6.07, 6.45) is 3.46. The number of hydrogen-bond acceptors (Lipinski definition) is 4. The average molecular weight is 333 g/mol. The molecule has 0 saturated carbocycles. The maximum atomic E-state index is 12.3. The van der Waals surface area contributed by atoms with Crippen LogP contribution in [0.15, 0.2) is 42.5 Å². The lowest BCUT2D eigenvalue weighted by molar-refractivity contribution is -0.148. The fraction of sp³-hybridized carbons (Fsp3) is 0.474. The summed E-state index contributed by atoms with van der Waals surface area (Å²) in [7, 11) is 0. The van der Waals surface area contributed by atoms with Gasteiger partial charge in [0.2, 0.25) is 0 Å². The van der Waals surface area contributed by atoms with E-state index in [1.54, 1.807) is 40.7 Å². The number of benzene rings is 1. The highest BCUT2D eigenvalue weighted by atomic mass is 16.6. The minimum absolute atomic E-state index is 0.233. The lowest BCUT2D eigenvalue weighted by Crippen LogP contribution is -2.52. The van der Waals surface area contributed by atoms with Gasteiger partial charge in [-0.15, -0.1) is 0 Å². The maximum absolute atomic E-state index is 12.3. The van der Waals surface area contributed by atoms with E-state index in [0.717, 1.165) is 5.56 Å². The number of carbonyl (C=O) groups excluding carboxylic acids is 2. The lowest BCUT2D eigenvalue weighted by Gasteiger charge is -2.27. The zero-order valence-electron chi connectivity index (χ0n) is 15.1. The Hall–Kier alpha value is -2.30. The highest BCUT2D eigenvalue weighted by Gasteiger charge is 2.35. The van der Waals surface area contributed by atoms with Gasteiger partial charge in [0, 0.05) is 0 Å². The van der Waals surface area contributed by atoms with Crippen molar-refractivity contribution in [3.05, 3.63) is 48.0 Å². The SMILES string of the molecule is CCOC(=O)[C@@](C)(/C=C/Cc1ccccc1)NC(=O)OC(C)(C)C. The van der Waals surface area contributed by atoms with Gasteiger partial charge < -0.3 is 14.8 Å². The smallest absolute Gasteiger partial charge is 0.408 e. The van der Waals surface area contributed by atoms with Gasteiger partial charge in [0.25, 0.3) is 0 Å². The molecule has 0 fully saturated rings. The molecule has 24 heavy (non-hydrogen) atoms. The third-order valence-corrected chi connectivity index (χ3v) is 3.11. The van der Waals surface area contributed by atoms with E-state index in [1.807, 2.05) is 36.4 Å². The average Bonchev–Trinajstić information content (AvgIpc) is 2.46. The van der Waals surface area contributed by atoms with E-state index in [0.29, 0.717) is 6.42 Å². The summed E-state index contributed by atoms with van der Waals surface area (Å²) in [5.41, 5.74) is -0.821. The lowest BCUT2D eigenvalue weighted by atomic mass is 10.0. The monoisotopic (exact) mass is 333 g/mol. The Morgan fingerprint density at radius 2 is 1.75 bits per heavy atom. The third kappa shape index (κ3) is 6.86. The summed E-state index contributed by atoms with van der Waals surface area (Å²) in [6.45, 7) is 8.84. The summed E-state index contributed by atoms with van der Waals surface area (Å²) in [4.78, 5) is 24.3. The molecule has 0 aliphatic heterocycles. The van der Waals surface area contributed by atoms with Gasteiger partial charge in [-0.2, -0.15) is 0 Å². The van der Waals surface area contributed by atoms with E-state index in [1.165, 1.54) is 0 Å². The molecule has 1 atom stereocenters. The number of ether oxygens (including phenoxy) is 2. The van der Waals surface area contributed by atoms with E-state index in [-0.39, 0.29) is 6.61 Å². The normalized spacial score (nSPS) is 14.0. The topological polar surface area (TPSA) is 64.6 Å². The zero-order chi connectivity index (χ0) is 18.2. The van der Waals surface area contributed by atoms with E-state index in [2.05, 4.69) is 5.32 Å². The first-order valence-corrected chi connectivity index (χ1v) is 8.06. The van der Waals surface area contributed by atoms with Crippen LogP contribution in [-0.2, 0) is 20.7 Å². The van der Waals surface area contributed by atoms with Crippen molar-refractivity contribution >= 4 is 12.1 Å². The number of esters is 1. The van der Waals surface area contributed by atoms with Crippen molar-refractivity contribution in [1.82, 2.24) is 5.32 Å². The number of alkyl carbamates (subject to hydrolysis) is 1. The van der Waals surface area contributed by atoms with Crippen LogP contribution in [0.4, 0.5) is 4.79 Å². The van der Waals surface area contributed by atoms with Gasteiger partial charge in [0.1, 0.15) is 5.60 Å². The maximum Gasteiger partial charge on any atom is 0.408 e. The molecule has 0 heterocycles. The van der Waals surface area contributed by atoms with Crippen molar-refractivity contribution in [3.8, 4) is 0 Å². The Morgan fingerprint density at radius 3 is 2.29 bits per heavy atom. The molecule has 0 unspecified atom stereocenters. The highest BCUT2D eigenvalue weighted by Crippen LogP contribution is 2.14. The molecule has 5 heteroatoms. The van der Waals surface area contributed by atoms with Crippen LogP contribution in [0.5, 0.6) is 0 Å². The summed E-state index contributed by atoms with van der Waals surface area (Å²) < 4.78 is 10.3. The molecule has 1 aromatic carbocycles. The fourth-order valence-electron chi connectivity index (χ4n) is 2.00. The molecular weight excluding hydrogens is 306 g/mol. The molecule has 132 valence electrons. The number of hydrogen-bond donors (Lipinski definition) is 1. The first-order valence-electron chi connectivity index (χ1n) is 8.06. The third-order valence-electron chi connectivity index (χ3n) is 3.11. The van der Waals surface area contributed by atoms with Gasteiger partial charge in [-0.1, -0.05) is 42.5 Å². The van der Waals surface area contributed by atoms with Crippen molar-refractivity contribution in [1.29, 1.82) is 0 Å². The summed E-state index contributed by atoms with van der Waals surface area (Å²) >= 11 is 0. The van der Waals surface area contributed by atoms with Crippen molar-refractivity contribution < 1.29 is 19.1 Å². The predicted molar refractivity (Wildman–Crippen MR) is 93.7 cm³/mol. The molecule has 1 rings (SSSR count). The molecule has 0 bridgehead atoms. The van der Waals surface area contributed by atoms with Crippen LogP contribution in [0.25, 0.3) is 0 Å². The molecule has 1 aromatic rings. The first kappa shape index (κ1) is 19.7. The summed E-state index contributed by atoms with van der Waals surface area (Å²) in [6, 6.07) is 9.83. The molecule has 0 aliphatic rings. The second kappa shape index (κ2) is 8.52. The molecule has 1 N–H and O–H groups in total. The van der Waals surface area contributed by atoms with Crippen LogP contribution in [0, 0.1) is 0 Å². The van der Waals surface area contributed by atoms with Crippen molar-refractivity contribution in [2.24, 2.45) is 0 Å². The van der Waals surface area contributed by atoms with E-state index in [4.69, 9.17) is 9.47 Å². The summed E-state index contributed by atoms with van der Waals surface area (Å²) in [5, 5.41) is 2.60. The standard InChI is InChI=1S/C19H27NO4/c1-6-23-16(21)19(5,20-17(22)24-18(2,3)4)14-10-13-15-11-8-7-9-12-15/h7-12,14H,6,13H2,1-5H3,(H,20,22)/b14-10+/t19-/m1/s1. The second-order valence-electron chi connectivity index (χ2n) is 6.64. The molecule has 5 nitrogen and oxygen atoms in total. The number of rotatable bonds is 6. The van der Waals surface area contributed by atoms with Gasteiger partial charge in [-0.05, 0) is 46.6 Å². The van der Waals surface area contributed by atoms with Gasteiger partial charge in [0.05, 0.1) is 6.61 Å². The Morgan fingerprint density at radius 1 is 1.12 bits per heavy atom. The summed E-state index contributed by atoms with van der Waals surface area (Å²) in [5.74, 6) is -0.528. The van der Waals surface area contributed by atoms with E-state index in [9.17, 15) is 9.59 Å². The van der Waals surface area contributed by atoms with E-state index < -0.39 is 23.2 Å². The zero-order valence-corrected chi connectivity index (χ0v) is 15.1. The fourth-order valence-corrected chi connectivity index (χ4v) is 2.00. The largest absolute Gasteiger partial charge is 0.464 e. The number of allylic oxidation sites excluding steroid dienone is 1. The Bertz CT molecular complexity index is 575. The minimum atomic E-state index is -1.28. The van der Waals surface area contributed by atoms with Gasteiger partial charge >= 0.3 is 12.1 Å². The Labute approximate surface area is 144 Å². The molecular formula is C19H27NO4. The van der Waals surface area contributed by atoms with Gasteiger partial charge in [-0.25, -0.2) is 9.59 Å². The minimum Gasteiger partial charge on any atom is -0.464 e. The van der Waals surface area contributed by atoms with Crippen LogP contribution in [0.1, 0.15) is 40.2 Å². The molecule has 1 amide bonds. The van der Waals surface area contributed by atoms with Crippen LogP contribution >= 0.6 is 0 Å².